The van der Waals surface area contributed by atoms with Crippen LogP contribution < -0.4 is 5.32 Å². The van der Waals surface area contributed by atoms with Crippen molar-refractivity contribution in [1.82, 2.24) is 5.32 Å². The number of nitrogens with one attached hydrogen (secondary N) is 1. The van der Waals surface area contributed by atoms with Gasteiger partial charge in [-0.1, -0.05) is 48.0 Å². The van der Waals surface area contributed by atoms with Crippen molar-refractivity contribution in [1.29, 1.82) is 0 Å². The molecule has 0 aromatic heterocycles. The monoisotopic (exact) mass is 265 g/mol. The second-order valence-corrected chi connectivity index (χ2v) is 5.92. The molecule has 0 heterocycles. The highest BCUT2D eigenvalue weighted by Crippen LogP contribution is 2.25. The Bertz CT molecular complexity index is 600. The molecule has 0 saturated carbocycles. The Morgan fingerprint density at radius 3 is 2.70 bits per heavy atom. The lowest BCUT2D eigenvalue weighted by Crippen LogP contribution is -2.19. The van der Waals surface area contributed by atoms with E-state index in [0.29, 0.717) is 6.04 Å². The number of benzene rings is 2. The third kappa shape index (κ3) is 2.78. The Balaban J connectivity index is 1.81. The normalized spacial score (nSPS) is 15.1. The predicted octanol–water partition coefficient (Wildman–Crippen LogP) is 3.99. The van der Waals surface area contributed by atoms with Crippen LogP contribution in [0.2, 0.25) is 0 Å². The maximum Gasteiger partial charge on any atom is 0.0358 e. The summed E-state index contributed by atoms with van der Waals surface area (Å²) < 4.78 is 0. The predicted molar refractivity (Wildman–Crippen MR) is 85.2 cm³/mol. The van der Waals surface area contributed by atoms with Crippen molar-refractivity contribution in [2.24, 2.45) is 0 Å². The van der Waals surface area contributed by atoms with Gasteiger partial charge in [0.25, 0.3) is 0 Å². The molecule has 1 aliphatic rings. The summed E-state index contributed by atoms with van der Waals surface area (Å²) >= 11 is 0. The van der Waals surface area contributed by atoms with Gasteiger partial charge in [-0.3, -0.25) is 0 Å². The van der Waals surface area contributed by atoms with Crippen molar-refractivity contribution < 1.29 is 0 Å². The first-order valence-corrected chi connectivity index (χ1v) is 7.61. The van der Waals surface area contributed by atoms with Crippen LogP contribution in [0.25, 0.3) is 0 Å². The van der Waals surface area contributed by atoms with Crippen molar-refractivity contribution in [3.05, 3.63) is 70.3 Å². The van der Waals surface area contributed by atoms with E-state index in [4.69, 9.17) is 0 Å². The molecular weight excluding hydrogens is 242 g/mol. The zero-order valence-corrected chi connectivity index (χ0v) is 12.4. The van der Waals surface area contributed by atoms with Gasteiger partial charge < -0.3 is 5.32 Å². The van der Waals surface area contributed by atoms with Crippen molar-refractivity contribution >= 4 is 0 Å². The summed E-state index contributed by atoms with van der Waals surface area (Å²) in [6.45, 7) is 2.16. The van der Waals surface area contributed by atoms with E-state index in [-0.39, 0.29) is 0 Å². The number of hydrogen-bond acceptors (Lipinski definition) is 1. The topological polar surface area (TPSA) is 12.0 Å². The standard InChI is InChI=1S/C19H23N/c1-14-5-3-8-18(11-14)19(20-2)13-15-9-10-16-6-4-7-17(16)12-15/h3,5,8-12,19-20H,4,6-7,13H2,1-2H3. The quantitative estimate of drug-likeness (QED) is 0.881. The first-order valence-electron chi connectivity index (χ1n) is 7.61. The van der Waals surface area contributed by atoms with Gasteiger partial charge in [-0.15, -0.1) is 0 Å². The van der Waals surface area contributed by atoms with Crippen molar-refractivity contribution in [2.45, 2.75) is 38.6 Å². The molecule has 0 bridgehead atoms. The van der Waals surface area contributed by atoms with Gasteiger partial charge in [0.1, 0.15) is 0 Å². The summed E-state index contributed by atoms with van der Waals surface area (Å²) in [7, 11) is 2.06. The fourth-order valence-corrected chi connectivity index (χ4v) is 3.26. The summed E-state index contributed by atoms with van der Waals surface area (Å²) in [6, 6.07) is 16.3. The summed E-state index contributed by atoms with van der Waals surface area (Å²) in [4.78, 5) is 0. The Hall–Kier alpha value is -1.60. The average molecular weight is 265 g/mol. The van der Waals surface area contributed by atoms with Crippen LogP contribution in [0.3, 0.4) is 0 Å². The molecule has 2 aromatic rings. The zero-order chi connectivity index (χ0) is 13.9. The van der Waals surface area contributed by atoms with E-state index in [1.807, 2.05) is 0 Å². The molecule has 1 unspecified atom stereocenters. The van der Waals surface area contributed by atoms with Gasteiger partial charge in [0.15, 0.2) is 0 Å². The van der Waals surface area contributed by atoms with E-state index in [2.05, 4.69) is 61.8 Å². The fourth-order valence-electron chi connectivity index (χ4n) is 3.26. The molecule has 3 rings (SSSR count). The molecule has 0 amide bonds. The summed E-state index contributed by atoms with van der Waals surface area (Å²) in [5, 5.41) is 3.46. The minimum Gasteiger partial charge on any atom is -0.313 e. The fraction of sp³-hybridized carbons (Fsp3) is 0.368. The molecular formula is C19H23N. The van der Waals surface area contributed by atoms with Gasteiger partial charge in [-0.2, -0.15) is 0 Å². The molecule has 104 valence electrons. The summed E-state index contributed by atoms with van der Waals surface area (Å²) in [6.07, 6.45) is 4.92. The third-order valence-electron chi connectivity index (χ3n) is 4.40. The van der Waals surface area contributed by atoms with E-state index < -0.39 is 0 Å². The Morgan fingerprint density at radius 1 is 1.05 bits per heavy atom. The van der Waals surface area contributed by atoms with Gasteiger partial charge >= 0.3 is 0 Å². The van der Waals surface area contributed by atoms with Crippen LogP contribution in [0.1, 0.15) is 40.3 Å². The Morgan fingerprint density at radius 2 is 1.90 bits per heavy atom. The highest BCUT2D eigenvalue weighted by molar-refractivity contribution is 5.36. The third-order valence-corrected chi connectivity index (χ3v) is 4.40. The molecule has 1 aliphatic carbocycles. The molecule has 1 heteroatoms. The molecule has 1 atom stereocenters. The van der Waals surface area contributed by atoms with Gasteiger partial charge in [0, 0.05) is 6.04 Å². The number of hydrogen-bond donors (Lipinski definition) is 1. The van der Waals surface area contributed by atoms with Gasteiger partial charge in [-0.05, 0) is 61.9 Å². The summed E-state index contributed by atoms with van der Waals surface area (Å²) in [5.74, 6) is 0. The van der Waals surface area contributed by atoms with E-state index in [1.165, 1.54) is 36.0 Å². The largest absolute Gasteiger partial charge is 0.313 e. The molecule has 1 nitrogen and oxygen atoms in total. The minimum atomic E-state index is 0.398. The van der Waals surface area contributed by atoms with Gasteiger partial charge in [0.05, 0.1) is 0 Å². The van der Waals surface area contributed by atoms with Gasteiger partial charge in [0.2, 0.25) is 0 Å². The van der Waals surface area contributed by atoms with Crippen LogP contribution in [0.5, 0.6) is 0 Å². The lowest BCUT2D eigenvalue weighted by Gasteiger charge is -2.18. The molecule has 0 radical (unpaired) electrons. The Kier molecular flexibility index (Phi) is 3.88. The van der Waals surface area contributed by atoms with E-state index in [9.17, 15) is 0 Å². The number of aryl methyl sites for hydroxylation is 3. The van der Waals surface area contributed by atoms with Crippen LogP contribution >= 0.6 is 0 Å². The van der Waals surface area contributed by atoms with E-state index in [0.717, 1.165) is 6.42 Å². The lowest BCUT2D eigenvalue weighted by atomic mass is 9.96. The van der Waals surface area contributed by atoms with E-state index >= 15 is 0 Å². The highest BCUT2D eigenvalue weighted by atomic mass is 14.9. The maximum absolute atomic E-state index is 3.46. The lowest BCUT2D eigenvalue weighted by molar-refractivity contribution is 0.591. The Labute approximate surface area is 122 Å². The first-order chi connectivity index (χ1) is 9.76. The van der Waals surface area contributed by atoms with Crippen molar-refractivity contribution in [3.63, 3.8) is 0 Å². The van der Waals surface area contributed by atoms with E-state index in [1.54, 1.807) is 11.1 Å². The first kappa shape index (κ1) is 13.4. The number of rotatable bonds is 4. The van der Waals surface area contributed by atoms with Crippen molar-refractivity contribution in [2.75, 3.05) is 7.05 Å². The molecule has 0 fully saturated rings. The van der Waals surface area contributed by atoms with Crippen LogP contribution in [0, 0.1) is 6.92 Å². The molecule has 0 aliphatic heterocycles. The van der Waals surface area contributed by atoms with Gasteiger partial charge in [-0.25, -0.2) is 0 Å². The number of fused-ring (bicyclic) bond motifs is 1. The number of likely N-dealkylation sites (N-methyl/N-ethyl adjacent to an activating group) is 1. The summed E-state index contributed by atoms with van der Waals surface area (Å²) in [5.41, 5.74) is 7.29. The molecule has 20 heavy (non-hydrogen) atoms. The molecule has 0 saturated heterocycles. The average Bonchev–Trinajstić information content (AvgIpc) is 2.92. The SMILES string of the molecule is CNC(Cc1ccc2c(c1)CCC2)c1cccc(C)c1. The second-order valence-electron chi connectivity index (χ2n) is 5.92. The molecule has 0 spiro atoms. The smallest absolute Gasteiger partial charge is 0.0358 e. The molecule has 2 aromatic carbocycles. The zero-order valence-electron chi connectivity index (χ0n) is 12.4. The highest BCUT2D eigenvalue weighted by Gasteiger charge is 2.14. The van der Waals surface area contributed by atoms with Crippen molar-refractivity contribution in [3.8, 4) is 0 Å². The van der Waals surface area contributed by atoms with Crippen LogP contribution in [-0.4, -0.2) is 7.05 Å². The molecule has 1 N–H and O–H groups in total. The van der Waals surface area contributed by atoms with Crippen LogP contribution in [-0.2, 0) is 19.3 Å². The second kappa shape index (κ2) is 5.80. The van der Waals surface area contributed by atoms with Crippen LogP contribution in [0.15, 0.2) is 42.5 Å². The van der Waals surface area contributed by atoms with Crippen LogP contribution in [0.4, 0.5) is 0 Å². The minimum absolute atomic E-state index is 0.398. The maximum atomic E-state index is 3.46.